The topological polar surface area (TPSA) is 88.8 Å². The van der Waals surface area contributed by atoms with Crippen molar-refractivity contribution in [2.75, 3.05) is 17.7 Å². The van der Waals surface area contributed by atoms with Crippen molar-refractivity contribution in [1.29, 1.82) is 0 Å². The highest BCUT2D eigenvalue weighted by atomic mass is 16.5. The van der Waals surface area contributed by atoms with E-state index in [9.17, 15) is 0 Å². The van der Waals surface area contributed by atoms with Crippen LogP contribution in [0.5, 0.6) is 0 Å². The van der Waals surface area contributed by atoms with Crippen molar-refractivity contribution in [3.05, 3.63) is 23.5 Å². The molecule has 0 fully saturated rings. The zero-order valence-corrected chi connectivity index (χ0v) is 9.98. The van der Waals surface area contributed by atoms with Gasteiger partial charge in [-0.3, -0.25) is 0 Å². The molecule has 2 heterocycles. The molecular weight excluding hydrogens is 220 g/mol. The highest BCUT2D eigenvalue weighted by Gasteiger charge is 2.06. The summed E-state index contributed by atoms with van der Waals surface area (Å²) >= 11 is 0. The Bertz CT molecular complexity index is 509. The summed E-state index contributed by atoms with van der Waals surface area (Å²) in [5, 5.41) is 9.73. The van der Waals surface area contributed by atoms with Crippen LogP contribution in [0.3, 0.4) is 0 Å². The molecule has 0 radical (unpaired) electrons. The van der Waals surface area contributed by atoms with E-state index in [1.807, 2.05) is 6.92 Å². The van der Waals surface area contributed by atoms with E-state index in [-0.39, 0.29) is 0 Å². The first-order valence-electron chi connectivity index (χ1n) is 5.23. The van der Waals surface area contributed by atoms with Crippen molar-refractivity contribution >= 4 is 11.8 Å². The summed E-state index contributed by atoms with van der Waals surface area (Å²) in [6.07, 6.45) is 1.75. The summed E-state index contributed by atoms with van der Waals surface area (Å²) in [7, 11) is 1.77. The second-order valence-electron chi connectivity index (χ2n) is 3.56. The lowest BCUT2D eigenvalue weighted by Crippen LogP contribution is -2.06. The van der Waals surface area contributed by atoms with E-state index in [1.54, 1.807) is 20.2 Å². The molecule has 0 spiro atoms. The molecule has 2 rings (SSSR count). The average Bonchev–Trinajstić information content (AvgIpc) is 2.74. The minimum absolute atomic E-state index is 0.446. The fraction of sp³-hybridized carbons (Fsp3) is 0.400. The van der Waals surface area contributed by atoms with Crippen LogP contribution < -0.4 is 10.6 Å². The number of hydrogen-bond donors (Lipinski definition) is 2. The molecule has 2 N–H and O–H groups in total. The molecule has 0 bridgehead atoms. The van der Waals surface area contributed by atoms with Gasteiger partial charge >= 0.3 is 0 Å². The van der Waals surface area contributed by atoms with Gasteiger partial charge in [-0.2, -0.15) is 9.97 Å². The average molecular weight is 234 g/mol. The predicted molar refractivity (Wildman–Crippen MR) is 62.7 cm³/mol. The van der Waals surface area contributed by atoms with E-state index in [4.69, 9.17) is 4.52 Å². The Labute approximate surface area is 98.7 Å². The van der Waals surface area contributed by atoms with Crippen molar-refractivity contribution in [2.45, 2.75) is 20.4 Å². The van der Waals surface area contributed by atoms with Gasteiger partial charge in [0.15, 0.2) is 5.82 Å². The maximum Gasteiger partial charge on any atom is 0.245 e. The first-order valence-corrected chi connectivity index (χ1v) is 5.23. The normalized spacial score (nSPS) is 10.3. The zero-order chi connectivity index (χ0) is 12.3. The minimum Gasteiger partial charge on any atom is -0.361 e. The van der Waals surface area contributed by atoms with Crippen LogP contribution in [0.2, 0.25) is 0 Å². The van der Waals surface area contributed by atoms with Gasteiger partial charge in [-0.25, -0.2) is 4.98 Å². The van der Waals surface area contributed by atoms with Crippen molar-refractivity contribution < 1.29 is 4.52 Å². The van der Waals surface area contributed by atoms with Crippen LogP contribution in [0.4, 0.5) is 11.8 Å². The number of aryl methyl sites for hydroxylation is 2. The summed E-state index contributed by atoms with van der Waals surface area (Å²) in [6.45, 7) is 4.16. The fourth-order valence-corrected chi connectivity index (χ4v) is 1.31. The van der Waals surface area contributed by atoms with E-state index in [2.05, 4.69) is 30.7 Å². The van der Waals surface area contributed by atoms with Gasteiger partial charge in [0.2, 0.25) is 11.8 Å². The molecule has 0 aliphatic rings. The van der Waals surface area contributed by atoms with Gasteiger partial charge in [0.25, 0.3) is 0 Å². The van der Waals surface area contributed by atoms with E-state index in [0.29, 0.717) is 24.2 Å². The summed E-state index contributed by atoms with van der Waals surface area (Å²) in [6, 6.07) is 0. The molecule has 90 valence electrons. The monoisotopic (exact) mass is 234 g/mol. The van der Waals surface area contributed by atoms with Gasteiger partial charge < -0.3 is 15.2 Å². The zero-order valence-electron chi connectivity index (χ0n) is 9.98. The lowest BCUT2D eigenvalue weighted by Gasteiger charge is -2.07. The number of nitrogens with one attached hydrogen (secondary N) is 2. The van der Waals surface area contributed by atoms with Crippen LogP contribution >= 0.6 is 0 Å². The maximum absolute atomic E-state index is 5.00. The molecule has 0 atom stereocenters. The van der Waals surface area contributed by atoms with Gasteiger partial charge in [0.05, 0.1) is 6.54 Å². The van der Waals surface area contributed by atoms with E-state index >= 15 is 0 Å². The predicted octanol–water partition coefficient (Wildman–Crippen LogP) is 1.13. The summed E-state index contributed by atoms with van der Waals surface area (Å²) in [5.41, 5.74) is 0.959. The largest absolute Gasteiger partial charge is 0.361 e. The summed E-state index contributed by atoms with van der Waals surface area (Å²) < 4.78 is 5.00. The van der Waals surface area contributed by atoms with Crippen LogP contribution in [0, 0.1) is 13.8 Å². The Morgan fingerprint density at radius 2 is 2.12 bits per heavy atom. The Balaban J connectivity index is 2.07. The van der Waals surface area contributed by atoms with Crippen molar-refractivity contribution in [2.24, 2.45) is 0 Å². The van der Waals surface area contributed by atoms with Crippen LogP contribution in [-0.2, 0) is 6.54 Å². The lowest BCUT2D eigenvalue weighted by molar-refractivity contribution is 0.379. The van der Waals surface area contributed by atoms with Crippen molar-refractivity contribution in [1.82, 2.24) is 20.1 Å². The molecule has 2 aromatic heterocycles. The van der Waals surface area contributed by atoms with Gasteiger partial charge in [0.1, 0.15) is 5.82 Å². The van der Waals surface area contributed by atoms with Gasteiger partial charge in [-0.1, -0.05) is 5.16 Å². The van der Waals surface area contributed by atoms with Crippen LogP contribution in [0.15, 0.2) is 10.7 Å². The molecule has 0 saturated heterocycles. The van der Waals surface area contributed by atoms with E-state index in [0.717, 1.165) is 11.4 Å². The minimum atomic E-state index is 0.446. The van der Waals surface area contributed by atoms with E-state index < -0.39 is 0 Å². The number of aromatic nitrogens is 4. The molecule has 0 unspecified atom stereocenters. The highest BCUT2D eigenvalue weighted by molar-refractivity contribution is 5.46. The quantitative estimate of drug-likeness (QED) is 0.819. The Hall–Kier alpha value is -2.18. The first-order chi connectivity index (χ1) is 8.19. The molecular formula is C10H14N6O. The third kappa shape index (κ3) is 2.68. The second kappa shape index (κ2) is 4.77. The third-order valence-corrected chi connectivity index (χ3v) is 2.17. The van der Waals surface area contributed by atoms with Crippen molar-refractivity contribution in [3.63, 3.8) is 0 Å². The Morgan fingerprint density at radius 3 is 2.76 bits per heavy atom. The van der Waals surface area contributed by atoms with Crippen molar-refractivity contribution in [3.8, 4) is 0 Å². The molecule has 0 amide bonds. The Morgan fingerprint density at radius 1 is 1.29 bits per heavy atom. The smallest absolute Gasteiger partial charge is 0.245 e. The molecule has 7 nitrogen and oxygen atoms in total. The molecule has 0 aromatic carbocycles. The van der Waals surface area contributed by atoms with Crippen LogP contribution in [0.1, 0.15) is 17.3 Å². The van der Waals surface area contributed by atoms with Crippen LogP contribution in [-0.4, -0.2) is 27.2 Å². The van der Waals surface area contributed by atoms with Crippen LogP contribution in [0.25, 0.3) is 0 Å². The summed E-state index contributed by atoms with van der Waals surface area (Å²) in [5.74, 6) is 2.48. The van der Waals surface area contributed by atoms with E-state index in [1.165, 1.54) is 0 Å². The number of rotatable bonds is 4. The lowest BCUT2D eigenvalue weighted by atomic mass is 10.3. The summed E-state index contributed by atoms with van der Waals surface area (Å²) in [4.78, 5) is 12.5. The van der Waals surface area contributed by atoms with Gasteiger partial charge in [-0.15, -0.1) is 0 Å². The highest BCUT2D eigenvalue weighted by Crippen LogP contribution is 2.13. The standard InChI is InChI=1S/C10H14N6O/c1-6-4-13-10(11-3)15-9(6)12-5-8-14-7(2)16-17-8/h4H,5H2,1-3H3,(H2,11,12,13,15). The molecule has 0 aliphatic heterocycles. The number of anilines is 2. The van der Waals surface area contributed by atoms with Gasteiger partial charge in [-0.05, 0) is 13.8 Å². The second-order valence-corrected chi connectivity index (χ2v) is 3.56. The molecule has 0 aliphatic carbocycles. The third-order valence-electron chi connectivity index (χ3n) is 2.17. The molecule has 17 heavy (non-hydrogen) atoms. The Kier molecular flexibility index (Phi) is 3.17. The number of nitrogens with zero attached hydrogens (tertiary/aromatic N) is 4. The first kappa shape index (κ1) is 11.3. The van der Waals surface area contributed by atoms with Gasteiger partial charge in [0, 0.05) is 18.8 Å². The molecule has 7 heteroatoms. The molecule has 2 aromatic rings. The molecule has 0 saturated carbocycles. The maximum atomic E-state index is 5.00. The fourth-order valence-electron chi connectivity index (χ4n) is 1.31. The number of hydrogen-bond acceptors (Lipinski definition) is 7. The SMILES string of the molecule is CNc1ncc(C)c(NCc2nc(C)no2)n1.